The van der Waals surface area contributed by atoms with Gasteiger partial charge in [0.05, 0.1) is 20.5 Å². The molecule has 0 bridgehead atoms. The van der Waals surface area contributed by atoms with Gasteiger partial charge in [0.1, 0.15) is 0 Å². The van der Waals surface area contributed by atoms with Gasteiger partial charge in [0.15, 0.2) is 0 Å². The second-order valence-corrected chi connectivity index (χ2v) is 6.88. The molecule has 3 aromatic rings. The number of nitrogens with zero attached hydrogens (tertiary/aromatic N) is 1. The van der Waals surface area contributed by atoms with Crippen LogP contribution in [-0.2, 0) is 10.0 Å². The fourth-order valence-electron chi connectivity index (χ4n) is 2.02. The molecule has 0 aliphatic rings. The molecular weight excluding hydrogens is 317 g/mol. The third-order valence-electron chi connectivity index (χ3n) is 3.01. The van der Waals surface area contributed by atoms with Gasteiger partial charge in [-0.15, -0.1) is 0 Å². The lowest BCUT2D eigenvalue weighted by Crippen LogP contribution is -2.11. The number of aromatic nitrogens is 1. The zero-order chi connectivity index (χ0) is 14.3. The fraction of sp³-hybridized carbons (Fsp3) is 0. The number of para-hydroxylation sites is 1. The predicted octanol–water partition coefficient (Wildman–Crippen LogP) is 4.19. The zero-order valence-electron chi connectivity index (χ0n) is 10.1. The molecule has 0 spiro atoms. The summed E-state index contributed by atoms with van der Waals surface area (Å²) in [6, 6.07) is 13.3. The Bertz CT molecular complexity index is 900. The number of hydrogen-bond donors (Lipinski definition) is 0. The van der Waals surface area contributed by atoms with Crippen LogP contribution in [-0.4, -0.2) is 12.4 Å². The molecule has 3 rings (SSSR count). The molecule has 2 aromatic carbocycles. The molecular formula is C14H9Cl2NO2S. The van der Waals surface area contributed by atoms with E-state index in [1.165, 1.54) is 28.4 Å². The first-order valence-corrected chi connectivity index (χ1v) is 7.96. The summed E-state index contributed by atoms with van der Waals surface area (Å²) < 4.78 is 26.5. The number of benzene rings is 2. The average molecular weight is 326 g/mol. The summed E-state index contributed by atoms with van der Waals surface area (Å²) in [4.78, 5) is 0.105. The van der Waals surface area contributed by atoms with Gasteiger partial charge >= 0.3 is 0 Å². The Morgan fingerprint density at radius 1 is 0.900 bits per heavy atom. The smallest absolute Gasteiger partial charge is 0.241 e. The van der Waals surface area contributed by atoms with Crippen LogP contribution < -0.4 is 0 Å². The molecule has 0 saturated carbocycles. The normalized spacial score (nSPS) is 11.9. The Morgan fingerprint density at radius 2 is 1.65 bits per heavy atom. The fourth-order valence-corrected chi connectivity index (χ4v) is 3.76. The zero-order valence-corrected chi connectivity index (χ0v) is 12.5. The van der Waals surface area contributed by atoms with Crippen molar-refractivity contribution in [3.63, 3.8) is 0 Å². The topological polar surface area (TPSA) is 39.1 Å². The summed E-state index contributed by atoms with van der Waals surface area (Å²) in [6.07, 6.45) is 1.53. The van der Waals surface area contributed by atoms with E-state index in [0.717, 1.165) is 5.39 Å². The van der Waals surface area contributed by atoms with Crippen molar-refractivity contribution in [2.75, 3.05) is 0 Å². The lowest BCUT2D eigenvalue weighted by atomic mass is 10.3. The monoisotopic (exact) mass is 325 g/mol. The van der Waals surface area contributed by atoms with Gasteiger partial charge in [-0.25, -0.2) is 12.4 Å². The van der Waals surface area contributed by atoms with E-state index < -0.39 is 10.0 Å². The highest BCUT2D eigenvalue weighted by atomic mass is 35.5. The van der Waals surface area contributed by atoms with Crippen molar-refractivity contribution < 1.29 is 8.42 Å². The molecule has 0 fully saturated rings. The molecule has 0 atom stereocenters. The first-order valence-electron chi connectivity index (χ1n) is 5.77. The van der Waals surface area contributed by atoms with E-state index in [-0.39, 0.29) is 9.92 Å². The highest BCUT2D eigenvalue weighted by Crippen LogP contribution is 2.27. The van der Waals surface area contributed by atoms with Crippen molar-refractivity contribution in [2.24, 2.45) is 0 Å². The van der Waals surface area contributed by atoms with Crippen molar-refractivity contribution in [3.05, 3.63) is 64.8 Å². The molecule has 1 heterocycles. The van der Waals surface area contributed by atoms with Crippen molar-refractivity contribution >= 4 is 44.1 Å². The minimum Gasteiger partial charge on any atom is -0.241 e. The van der Waals surface area contributed by atoms with Crippen LogP contribution in [0.3, 0.4) is 0 Å². The van der Waals surface area contributed by atoms with Crippen molar-refractivity contribution in [2.45, 2.75) is 4.90 Å². The van der Waals surface area contributed by atoms with Crippen LogP contribution in [0.5, 0.6) is 0 Å². The third-order valence-corrected chi connectivity index (χ3v) is 5.44. The minimum absolute atomic E-state index is 0.105. The van der Waals surface area contributed by atoms with Crippen molar-refractivity contribution in [1.82, 2.24) is 3.97 Å². The van der Waals surface area contributed by atoms with E-state index in [1.54, 1.807) is 18.2 Å². The molecule has 0 aliphatic heterocycles. The predicted molar refractivity (Wildman–Crippen MR) is 81.0 cm³/mol. The van der Waals surface area contributed by atoms with Gasteiger partial charge in [0.25, 0.3) is 10.0 Å². The molecule has 102 valence electrons. The standard InChI is InChI=1S/C14H9Cl2NO2S/c15-12-6-5-11(9-13(12)16)20(18,19)17-8-7-10-3-1-2-4-14(10)17/h1-9H. The van der Waals surface area contributed by atoms with Crippen LogP contribution in [0.4, 0.5) is 0 Å². The van der Waals surface area contributed by atoms with E-state index in [1.807, 2.05) is 12.1 Å². The number of halogens is 2. The maximum Gasteiger partial charge on any atom is 0.268 e. The molecule has 1 aromatic heterocycles. The Morgan fingerprint density at radius 3 is 2.40 bits per heavy atom. The molecule has 0 radical (unpaired) electrons. The quantitative estimate of drug-likeness (QED) is 0.708. The van der Waals surface area contributed by atoms with Gasteiger partial charge < -0.3 is 0 Å². The summed E-state index contributed by atoms with van der Waals surface area (Å²) in [5.41, 5.74) is 0.624. The first-order chi connectivity index (χ1) is 9.50. The Hall–Kier alpha value is -1.49. The van der Waals surface area contributed by atoms with Crippen LogP contribution in [0.2, 0.25) is 10.0 Å². The largest absolute Gasteiger partial charge is 0.268 e. The van der Waals surface area contributed by atoms with E-state index >= 15 is 0 Å². The van der Waals surface area contributed by atoms with Gasteiger partial charge in [-0.2, -0.15) is 0 Å². The van der Waals surface area contributed by atoms with Gasteiger partial charge in [-0.3, -0.25) is 0 Å². The van der Waals surface area contributed by atoms with Gasteiger partial charge in [0, 0.05) is 11.6 Å². The Balaban J connectivity index is 2.23. The van der Waals surface area contributed by atoms with Crippen molar-refractivity contribution in [3.8, 4) is 0 Å². The highest BCUT2D eigenvalue weighted by molar-refractivity contribution is 7.90. The average Bonchev–Trinajstić information content (AvgIpc) is 2.86. The molecule has 0 amide bonds. The lowest BCUT2D eigenvalue weighted by Gasteiger charge is -2.08. The van der Waals surface area contributed by atoms with Crippen molar-refractivity contribution in [1.29, 1.82) is 0 Å². The summed E-state index contributed by atoms with van der Waals surface area (Å²) in [5, 5.41) is 1.39. The molecule has 6 heteroatoms. The number of rotatable bonds is 2. The van der Waals surface area contributed by atoms with E-state index in [2.05, 4.69) is 0 Å². The molecule has 20 heavy (non-hydrogen) atoms. The maximum atomic E-state index is 12.6. The second-order valence-electron chi connectivity index (χ2n) is 4.25. The van der Waals surface area contributed by atoms with Gasteiger partial charge in [0.2, 0.25) is 0 Å². The molecule has 0 saturated heterocycles. The summed E-state index contributed by atoms with van der Waals surface area (Å²) >= 11 is 11.7. The van der Waals surface area contributed by atoms with Crippen LogP contribution in [0.1, 0.15) is 0 Å². The third kappa shape index (κ3) is 2.10. The van der Waals surface area contributed by atoms with Crippen LogP contribution >= 0.6 is 23.2 Å². The Labute approximate surface area is 126 Å². The van der Waals surface area contributed by atoms with E-state index in [4.69, 9.17) is 23.2 Å². The summed E-state index contributed by atoms with van der Waals surface area (Å²) in [7, 11) is -3.69. The van der Waals surface area contributed by atoms with Crippen LogP contribution in [0, 0.1) is 0 Å². The molecule has 0 unspecified atom stereocenters. The SMILES string of the molecule is O=S(=O)(c1ccc(Cl)c(Cl)c1)n1ccc2ccccc21. The Kier molecular flexibility index (Phi) is 3.24. The maximum absolute atomic E-state index is 12.6. The number of hydrogen-bond acceptors (Lipinski definition) is 2. The first kappa shape index (κ1) is 13.5. The van der Waals surface area contributed by atoms with E-state index in [0.29, 0.717) is 10.5 Å². The summed E-state index contributed by atoms with van der Waals surface area (Å²) in [5.74, 6) is 0. The van der Waals surface area contributed by atoms with Gasteiger partial charge in [-0.05, 0) is 30.3 Å². The molecule has 0 aliphatic carbocycles. The summed E-state index contributed by atoms with van der Waals surface area (Å²) in [6.45, 7) is 0. The second kappa shape index (κ2) is 4.81. The minimum atomic E-state index is -3.69. The highest BCUT2D eigenvalue weighted by Gasteiger charge is 2.19. The number of fused-ring (bicyclic) bond motifs is 1. The molecule has 0 N–H and O–H groups in total. The molecule has 3 nitrogen and oxygen atoms in total. The lowest BCUT2D eigenvalue weighted by molar-refractivity contribution is 0.589. The van der Waals surface area contributed by atoms with Gasteiger partial charge in [-0.1, -0.05) is 41.4 Å². The van der Waals surface area contributed by atoms with Crippen LogP contribution in [0.15, 0.2) is 59.6 Å². The van der Waals surface area contributed by atoms with E-state index in [9.17, 15) is 8.42 Å². The van der Waals surface area contributed by atoms with Crippen LogP contribution in [0.25, 0.3) is 10.9 Å².